The minimum atomic E-state index is -4.18. The van der Waals surface area contributed by atoms with Crippen LogP contribution in [0.15, 0.2) is 22.9 Å². The molecule has 1 fully saturated rings. The number of carbonyl (C=O) groups excluding carboxylic acids is 4. The Balaban J connectivity index is 2.24. The maximum atomic E-state index is 14.5. The Bertz CT molecular complexity index is 1840. The first kappa shape index (κ1) is 21.7. The van der Waals surface area contributed by atoms with Crippen LogP contribution >= 0.6 is 0 Å². The highest BCUT2D eigenvalue weighted by atomic mass is 16.3. The molecule has 3 aliphatic carbocycles. The second kappa shape index (κ2) is 10.4. The summed E-state index contributed by atoms with van der Waals surface area (Å²) in [4.78, 5) is 55.2. The number of phenolic OH excluding ortho intramolecular Hbond substituents is 1. The molecule has 0 heterocycles. The molecule has 0 spiro atoms. The third-order valence-corrected chi connectivity index (χ3v) is 6.79. The summed E-state index contributed by atoms with van der Waals surface area (Å²) in [5.74, 6) is -19.4. The van der Waals surface area contributed by atoms with Gasteiger partial charge in [-0.2, -0.15) is 0 Å². The van der Waals surface area contributed by atoms with Crippen LogP contribution in [0.2, 0.25) is 0 Å². The number of Topliss-reactive ketones (excluding diaryl/α,β-unsaturated/α-hetero) is 2. The summed E-state index contributed by atoms with van der Waals surface area (Å²) in [6.07, 6.45) is -7.89. The number of anilines is 2. The topological polar surface area (TPSA) is 206 Å². The van der Waals surface area contributed by atoms with Crippen molar-refractivity contribution in [1.29, 1.82) is 0 Å². The number of aromatic hydroxyl groups is 1. The maximum absolute atomic E-state index is 14.5. The molecule has 0 radical (unpaired) electrons. The molecule has 4 atom stereocenters. The number of carbonyl (C=O) groups is 4. The van der Waals surface area contributed by atoms with Crippen molar-refractivity contribution in [3.63, 3.8) is 0 Å². The first-order chi connectivity index (χ1) is 22.4. The van der Waals surface area contributed by atoms with Gasteiger partial charge in [0.25, 0.3) is 5.91 Å². The predicted octanol–water partition coefficient (Wildman–Crippen LogP) is 0.357. The van der Waals surface area contributed by atoms with Crippen LogP contribution in [0.25, 0.3) is 5.76 Å². The Labute approximate surface area is 254 Å². The molecule has 42 heavy (non-hydrogen) atoms. The molecule has 13 nitrogen and oxygen atoms in total. The summed E-state index contributed by atoms with van der Waals surface area (Å²) in [5, 5.41) is 51.7. The summed E-state index contributed by atoms with van der Waals surface area (Å²) in [7, 11) is 4.41. The predicted molar refractivity (Wildman–Crippen MR) is 155 cm³/mol. The fraction of sp³-hybridized carbons (Fsp3) is 0.517. The molecule has 1 aromatic rings. The van der Waals surface area contributed by atoms with E-state index in [1.165, 1.54) is 14.1 Å². The molecule has 4 rings (SSSR count). The number of nitrogens with one attached hydrogen (secondary N) is 2. The number of likely N-dealkylation sites (N-methyl/N-ethyl adjacent to an activating group) is 1. The van der Waals surface area contributed by atoms with Gasteiger partial charge in [-0.25, -0.2) is 0 Å². The first-order valence-electron chi connectivity index (χ1n) is 16.7. The van der Waals surface area contributed by atoms with Gasteiger partial charge in [-0.05, 0) is 65.1 Å². The average molecular weight is 594 g/mol. The number of nitrogens with two attached hydrogens (primary N) is 1. The summed E-state index contributed by atoms with van der Waals surface area (Å²) in [6.45, 7) is 4.89. The number of ketones is 2. The second-order valence-corrected chi connectivity index (χ2v) is 11.4. The van der Waals surface area contributed by atoms with E-state index in [2.05, 4.69) is 10.6 Å². The van der Waals surface area contributed by atoms with Gasteiger partial charge in [0.15, 0.2) is 11.4 Å². The van der Waals surface area contributed by atoms with Crippen LogP contribution < -0.4 is 21.3 Å². The number of amides is 2. The van der Waals surface area contributed by atoms with Gasteiger partial charge in [0.2, 0.25) is 11.7 Å². The van der Waals surface area contributed by atoms with Crippen LogP contribution in [0.1, 0.15) is 49.2 Å². The number of rotatable bonds is 6. The fourth-order valence-electron chi connectivity index (χ4n) is 4.80. The first-order valence-corrected chi connectivity index (χ1v) is 12.7. The van der Waals surface area contributed by atoms with Crippen molar-refractivity contribution in [2.45, 2.75) is 50.7 Å². The minimum absolute atomic E-state index is 0.356. The van der Waals surface area contributed by atoms with Gasteiger partial charge < -0.3 is 41.7 Å². The van der Waals surface area contributed by atoms with Gasteiger partial charge >= 0.3 is 0 Å². The molecule has 0 aromatic heterocycles. The Morgan fingerprint density at radius 1 is 1.21 bits per heavy atom. The van der Waals surface area contributed by atoms with E-state index < -0.39 is 122 Å². The molecule has 1 aromatic carbocycles. The van der Waals surface area contributed by atoms with Gasteiger partial charge in [0, 0.05) is 45.0 Å². The van der Waals surface area contributed by atoms with Gasteiger partial charge in [0.05, 0.1) is 26.6 Å². The lowest BCUT2D eigenvalue weighted by Gasteiger charge is -2.50. The van der Waals surface area contributed by atoms with Crippen molar-refractivity contribution in [3.05, 3.63) is 34.1 Å². The average Bonchev–Trinajstić information content (AvgIpc) is 2.97. The molecular formula is C29H39N5O8. The van der Waals surface area contributed by atoms with E-state index in [9.17, 15) is 47.8 Å². The highest BCUT2D eigenvalue weighted by Crippen LogP contribution is 2.54. The van der Waals surface area contributed by atoms with Crippen LogP contribution in [-0.2, 0) is 25.6 Å². The summed E-state index contributed by atoms with van der Waals surface area (Å²) in [6, 6.07) is -4.37. The lowest BCUT2D eigenvalue weighted by atomic mass is 9.57. The van der Waals surface area contributed by atoms with Crippen molar-refractivity contribution in [1.82, 2.24) is 10.2 Å². The lowest BCUT2D eigenvalue weighted by molar-refractivity contribution is -0.153. The van der Waals surface area contributed by atoms with Crippen molar-refractivity contribution >= 4 is 40.5 Å². The number of fused-ring (bicyclic) bond motifs is 3. The van der Waals surface area contributed by atoms with Crippen molar-refractivity contribution < 1.29 is 50.6 Å². The SMILES string of the molecule is [2H]c1c(NC(=O)CNC(C)(C)C)c(O)c2c(c1N(C)C)C([2H])([2H])[C@]1([2H])C(=C2O)C(=O)[C@]2(O)C(O)=C(C(N)=O)C(=O)[C@@]([2H])(N(C)C)[C@]2([2H])C1([2H])[2H]. The molecule has 0 saturated heterocycles. The summed E-state index contributed by atoms with van der Waals surface area (Å²) < 4.78 is 74.0. The normalized spacial score (nSPS) is 36.1. The molecular weight excluding hydrogens is 546 g/mol. The van der Waals surface area contributed by atoms with Crippen LogP contribution in [0.3, 0.4) is 0 Å². The third-order valence-electron chi connectivity index (χ3n) is 6.79. The number of hydrogen-bond donors (Lipinski definition) is 7. The van der Waals surface area contributed by atoms with Crippen molar-refractivity contribution in [2.24, 2.45) is 17.5 Å². The zero-order valence-corrected chi connectivity index (χ0v) is 24.1. The molecule has 228 valence electrons. The van der Waals surface area contributed by atoms with E-state index in [0.717, 1.165) is 19.0 Å². The number of aliphatic hydroxyl groups is 3. The Kier molecular flexibility index (Phi) is 5.38. The number of aliphatic hydroxyl groups excluding tert-OH is 2. The highest BCUT2D eigenvalue weighted by Gasteiger charge is 2.64. The summed E-state index contributed by atoms with van der Waals surface area (Å²) in [5.41, 5.74) is -5.91. The van der Waals surface area contributed by atoms with Crippen LogP contribution in [-0.4, -0.2) is 101 Å². The number of nitrogens with zero attached hydrogens (tertiary/aromatic N) is 2. The van der Waals surface area contributed by atoms with E-state index >= 15 is 0 Å². The number of hydrogen-bond acceptors (Lipinski definition) is 11. The van der Waals surface area contributed by atoms with Crippen LogP contribution in [0.5, 0.6) is 5.75 Å². The maximum Gasteiger partial charge on any atom is 0.255 e. The minimum Gasteiger partial charge on any atom is -0.508 e. The Hall–Kier alpha value is -3.94. The Morgan fingerprint density at radius 2 is 1.83 bits per heavy atom. The quantitative estimate of drug-likeness (QED) is 0.177. The molecule has 2 amide bonds. The van der Waals surface area contributed by atoms with Gasteiger partial charge in [-0.15, -0.1) is 0 Å². The molecule has 1 saturated carbocycles. The zero-order valence-electron chi connectivity index (χ0n) is 32.1. The second-order valence-electron chi connectivity index (χ2n) is 11.4. The van der Waals surface area contributed by atoms with Crippen molar-refractivity contribution in [3.8, 4) is 5.75 Å². The molecule has 0 bridgehead atoms. The Morgan fingerprint density at radius 3 is 2.36 bits per heavy atom. The van der Waals surface area contributed by atoms with E-state index in [1.54, 1.807) is 20.8 Å². The molecule has 0 aliphatic heterocycles. The van der Waals surface area contributed by atoms with Crippen LogP contribution in [0.4, 0.5) is 11.4 Å². The van der Waals surface area contributed by atoms with Gasteiger partial charge in [-0.1, -0.05) is 0 Å². The van der Waals surface area contributed by atoms with E-state index in [1.807, 2.05) is 0 Å². The molecule has 13 heteroatoms. The van der Waals surface area contributed by atoms with E-state index in [0.29, 0.717) is 4.90 Å². The van der Waals surface area contributed by atoms with Crippen molar-refractivity contribution in [2.75, 3.05) is 45.0 Å². The highest BCUT2D eigenvalue weighted by molar-refractivity contribution is 6.24. The number of benzene rings is 1. The smallest absolute Gasteiger partial charge is 0.255 e. The van der Waals surface area contributed by atoms with E-state index in [4.69, 9.17) is 8.48 Å². The number of primary amides is 1. The summed E-state index contributed by atoms with van der Waals surface area (Å²) >= 11 is 0. The monoisotopic (exact) mass is 593 g/mol. The molecule has 0 unspecified atom stereocenters. The van der Waals surface area contributed by atoms with Crippen LogP contribution in [0, 0.1) is 11.8 Å². The molecule has 3 aliphatic rings. The lowest BCUT2D eigenvalue weighted by Crippen LogP contribution is -2.65. The number of phenols is 1. The molecule has 8 N–H and O–H groups in total. The fourth-order valence-corrected chi connectivity index (χ4v) is 4.80. The van der Waals surface area contributed by atoms with Gasteiger partial charge in [-0.3, -0.25) is 24.1 Å². The largest absolute Gasteiger partial charge is 0.508 e. The zero-order chi connectivity index (χ0) is 38.9. The van der Waals surface area contributed by atoms with E-state index in [-0.39, 0.29) is 6.54 Å². The standard InChI is InChI=1S/C29H39N5O8/c1-28(2,3)31-11-17(35)32-15-10-16(33(4)5)13-8-12-9-14-21(34(6)7)24(38)20(27(30)41)26(40)29(14,42)25(39)18(12)23(37)19(13)22(15)36/h10,12,14,21,31,36-37,40,42H,8-9,11H2,1-7H3,(H2,30,41)(H,32,35)/t12-,14-,21-,29-/m0/s1/i8D2,9D2,10D,12D,14D,21D. The van der Waals surface area contributed by atoms with Gasteiger partial charge in [0.1, 0.15) is 22.8 Å². The third kappa shape index (κ3) is 4.80.